The summed E-state index contributed by atoms with van der Waals surface area (Å²) in [7, 11) is 2.04. The van der Waals surface area contributed by atoms with E-state index in [1.807, 2.05) is 31.3 Å². The molecule has 0 radical (unpaired) electrons. The van der Waals surface area contributed by atoms with Crippen LogP contribution >= 0.6 is 0 Å². The van der Waals surface area contributed by atoms with Gasteiger partial charge >= 0.3 is 12.1 Å². The summed E-state index contributed by atoms with van der Waals surface area (Å²) in [6.07, 6.45) is -0.595. The van der Waals surface area contributed by atoms with Gasteiger partial charge in [0.05, 0.1) is 17.1 Å². The van der Waals surface area contributed by atoms with Crippen LogP contribution in [0, 0.1) is 0 Å². The van der Waals surface area contributed by atoms with Crippen LogP contribution in [-0.2, 0) is 23.1 Å². The molecular formula is C19H21F3N6O3. The number of H-pyrrole nitrogens is 1. The smallest absolute Gasteiger partial charge is 0.475 e. The van der Waals surface area contributed by atoms with E-state index in [1.165, 1.54) is 12.8 Å². The third-order valence-corrected chi connectivity index (χ3v) is 4.70. The number of carboxylic acid groups (broad SMARTS) is 1. The summed E-state index contributed by atoms with van der Waals surface area (Å²) in [6, 6.07) is 6.97. The Bertz CT molecular complexity index is 1070. The number of nitrogens with two attached hydrogens (primary N) is 1. The lowest BCUT2D eigenvalue weighted by molar-refractivity contribution is -0.192. The maximum atomic E-state index is 12.3. The zero-order valence-electron chi connectivity index (χ0n) is 16.5. The molecule has 1 aromatic carbocycles. The highest BCUT2D eigenvalue weighted by molar-refractivity contribution is 5.96. The molecule has 5 N–H and O–H groups in total. The molecule has 1 amide bonds. The fourth-order valence-electron chi connectivity index (χ4n) is 2.97. The number of halogens is 3. The highest BCUT2D eigenvalue weighted by Crippen LogP contribution is 2.40. The van der Waals surface area contributed by atoms with Crippen LogP contribution in [0.15, 0.2) is 30.5 Å². The van der Waals surface area contributed by atoms with Crippen LogP contribution in [0.1, 0.15) is 30.3 Å². The van der Waals surface area contributed by atoms with Crippen molar-refractivity contribution in [1.82, 2.24) is 19.7 Å². The number of nitrogens with one attached hydrogen (secondary N) is 2. The minimum atomic E-state index is -5.08. The third kappa shape index (κ3) is 5.60. The van der Waals surface area contributed by atoms with Crippen molar-refractivity contribution >= 4 is 28.6 Å². The van der Waals surface area contributed by atoms with Gasteiger partial charge in [0.1, 0.15) is 5.82 Å². The summed E-state index contributed by atoms with van der Waals surface area (Å²) >= 11 is 0. The van der Waals surface area contributed by atoms with Gasteiger partial charge < -0.3 is 20.7 Å². The molecule has 2 aromatic heterocycles. The van der Waals surface area contributed by atoms with Gasteiger partial charge in [0.2, 0.25) is 5.91 Å². The highest BCUT2D eigenvalue weighted by Gasteiger charge is 2.38. The minimum Gasteiger partial charge on any atom is -0.475 e. The van der Waals surface area contributed by atoms with E-state index >= 15 is 0 Å². The SMILES string of the molecule is Cn1c(C2CC2)nc2cc(NC(=O)C(N)Cc3ccn[nH]3)ccc21.O=C(O)C(F)(F)F. The van der Waals surface area contributed by atoms with Gasteiger partial charge in [0, 0.05) is 37.0 Å². The quantitative estimate of drug-likeness (QED) is 0.482. The molecule has 31 heavy (non-hydrogen) atoms. The van der Waals surface area contributed by atoms with Crippen molar-refractivity contribution in [3.05, 3.63) is 42.0 Å². The van der Waals surface area contributed by atoms with Gasteiger partial charge in [-0.1, -0.05) is 0 Å². The normalized spacial score (nSPS) is 14.6. The number of benzene rings is 1. The van der Waals surface area contributed by atoms with E-state index < -0.39 is 18.2 Å². The van der Waals surface area contributed by atoms with E-state index in [0.29, 0.717) is 18.0 Å². The van der Waals surface area contributed by atoms with Crippen LogP contribution in [0.25, 0.3) is 11.0 Å². The molecule has 0 aliphatic heterocycles. The maximum absolute atomic E-state index is 12.3. The number of anilines is 1. The van der Waals surface area contributed by atoms with Crippen molar-refractivity contribution in [2.24, 2.45) is 12.8 Å². The van der Waals surface area contributed by atoms with E-state index in [2.05, 4.69) is 20.1 Å². The van der Waals surface area contributed by atoms with Gasteiger partial charge in [-0.15, -0.1) is 0 Å². The third-order valence-electron chi connectivity index (χ3n) is 4.70. The molecule has 1 aliphatic rings. The van der Waals surface area contributed by atoms with Crippen LogP contribution < -0.4 is 11.1 Å². The Kier molecular flexibility index (Phi) is 6.29. The number of aryl methyl sites for hydroxylation is 1. The van der Waals surface area contributed by atoms with Crippen LogP contribution in [0.5, 0.6) is 0 Å². The Morgan fingerprint density at radius 3 is 2.58 bits per heavy atom. The number of imidazole rings is 1. The first-order valence-electron chi connectivity index (χ1n) is 9.37. The maximum Gasteiger partial charge on any atom is 0.490 e. The topological polar surface area (TPSA) is 139 Å². The molecule has 12 heteroatoms. The number of rotatable bonds is 5. The van der Waals surface area contributed by atoms with E-state index in [0.717, 1.165) is 22.6 Å². The summed E-state index contributed by atoms with van der Waals surface area (Å²) in [5.41, 5.74) is 9.50. The average molecular weight is 438 g/mol. The summed E-state index contributed by atoms with van der Waals surface area (Å²) in [4.78, 5) is 25.9. The van der Waals surface area contributed by atoms with Crippen LogP contribution in [0.3, 0.4) is 0 Å². The Morgan fingerprint density at radius 1 is 1.35 bits per heavy atom. The number of hydrogen-bond acceptors (Lipinski definition) is 5. The fraction of sp³-hybridized carbons (Fsp3) is 0.368. The molecule has 4 rings (SSSR count). The van der Waals surface area contributed by atoms with Gasteiger partial charge in [-0.2, -0.15) is 18.3 Å². The van der Waals surface area contributed by atoms with Crippen molar-refractivity contribution in [3.8, 4) is 0 Å². The zero-order valence-corrected chi connectivity index (χ0v) is 16.5. The number of fused-ring (bicyclic) bond motifs is 1. The largest absolute Gasteiger partial charge is 0.490 e. The number of aliphatic carboxylic acids is 1. The minimum absolute atomic E-state index is 0.220. The first-order chi connectivity index (χ1) is 14.6. The predicted octanol–water partition coefficient (Wildman–Crippen LogP) is 2.32. The van der Waals surface area contributed by atoms with Gasteiger partial charge in [-0.05, 0) is 37.1 Å². The first-order valence-corrected chi connectivity index (χ1v) is 9.37. The summed E-state index contributed by atoms with van der Waals surface area (Å²) in [6.45, 7) is 0. The Hall–Kier alpha value is -3.41. The highest BCUT2D eigenvalue weighted by atomic mass is 19.4. The van der Waals surface area contributed by atoms with Gasteiger partial charge in [0.25, 0.3) is 0 Å². The van der Waals surface area contributed by atoms with E-state index in [9.17, 15) is 18.0 Å². The number of nitrogens with zero attached hydrogens (tertiary/aromatic N) is 3. The van der Waals surface area contributed by atoms with Crippen LogP contribution in [0.2, 0.25) is 0 Å². The van der Waals surface area contributed by atoms with Crippen molar-refractivity contribution in [2.75, 3.05) is 5.32 Å². The fourth-order valence-corrected chi connectivity index (χ4v) is 2.97. The lowest BCUT2D eigenvalue weighted by Crippen LogP contribution is -2.37. The van der Waals surface area contributed by atoms with Gasteiger partial charge in [-0.3, -0.25) is 9.89 Å². The van der Waals surface area contributed by atoms with Crippen molar-refractivity contribution < 1.29 is 27.9 Å². The molecule has 3 aromatic rings. The molecule has 166 valence electrons. The number of carbonyl (C=O) groups is 2. The molecule has 2 heterocycles. The number of carboxylic acids is 1. The number of carbonyl (C=O) groups excluding carboxylic acids is 1. The second-order valence-corrected chi connectivity index (χ2v) is 7.19. The average Bonchev–Trinajstić information content (AvgIpc) is 3.31. The van der Waals surface area contributed by atoms with Crippen molar-refractivity contribution in [3.63, 3.8) is 0 Å². The Labute approximate surface area is 174 Å². The van der Waals surface area contributed by atoms with E-state index in [1.54, 1.807) is 6.20 Å². The van der Waals surface area contributed by atoms with Gasteiger partial charge in [-0.25, -0.2) is 9.78 Å². The Morgan fingerprint density at radius 2 is 2.03 bits per heavy atom. The number of aromatic amines is 1. The number of amides is 1. The van der Waals surface area contributed by atoms with Crippen molar-refractivity contribution in [2.45, 2.75) is 37.4 Å². The molecule has 1 fully saturated rings. The molecule has 0 saturated heterocycles. The Balaban J connectivity index is 0.000000339. The second kappa shape index (κ2) is 8.76. The molecular weight excluding hydrogens is 417 g/mol. The molecule has 1 saturated carbocycles. The van der Waals surface area contributed by atoms with E-state index in [4.69, 9.17) is 20.6 Å². The molecule has 1 aliphatic carbocycles. The zero-order chi connectivity index (χ0) is 22.8. The summed E-state index contributed by atoms with van der Waals surface area (Å²) in [5.74, 6) is -1.26. The predicted molar refractivity (Wildman–Crippen MR) is 105 cm³/mol. The molecule has 1 unspecified atom stereocenters. The summed E-state index contributed by atoms with van der Waals surface area (Å²) in [5, 5.41) is 16.7. The number of alkyl halides is 3. The van der Waals surface area contributed by atoms with Crippen LogP contribution in [0.4, 0.5) is 18.9 Å². The second-order valence-electron chi connectivity index (χ2n) is 7.19. The lowest BCUT2D eigenvalue weighted by Gasteiger charge is -2.11. The molecule has 1 atom stereocenters. The first kappa shape index (κ1) is 22.3. The molecule has 9 nitrogen and oxygen atoms in total. The molecule has 0 bridgehead atoms. The van der Waals surface area contributed by atoms with Crippen molar-refractivity contribution in [1.29, 1.82) is 0 Å². The van der Waals surface area contributed by atoms with Crippen LogP contribution in [-0.4, -0.2) is 48.9 Å². The van der Waals surface area contributed by atoms with E-state index in [-0.39, 0.29) is 5.91 Å². The monoisotopic (exact) mass is 438 g/mol. The summed E-state index contributed by atoms with van der Waals surface area (Å²) < 4.78 is 33.9. The molecule has 0 spiro atoms. The van der Waals surface area contributed by atoms with Gasteiger partial charge in [0.15, 0.2) is 0 Å². The standard InChI is InChI=1S/C17H20N6O.C2HF3O2/c1-23-15-5-4-11(9-14(15)21-16(23)10-2-3-10)20-17(24)13(18)8-12-6-7-19-22-12;3-2(4,5)1(6)7/h4-7,9-10,13H,2-3,8,18H2,1H3,(H,19,22)(H,20,24);(H,6,7). The lowest BCUT2D eigenvalue weighted by atomic mass is 10.1. The number of aromatic nitrogens is 4. The number of hydrogen-bond donors (Lipinski definition) is 4.